The maximum Gasteiger partial charge on any atom is 0.331 e. The minimum absolute atomic E-state index is 0.161. The van der Waals surface area contributed by atoms with Crippen molar-refractivity contribution >= 4 is 29.5 Å². The molecule has 8 nitrogen and oxygen atoms in total. The molecule has 32 heavy (non-hydrogen) atoms. The van der Waals surface area contributed by atoms with E-state index in [-0.39, 0.29) is 12.5 Å². The van der Waals surface area contributed by atoms with Crippen LogP contribution in [0.15, 0.2) is 48.5 Å². The third kappa shape index (κ3) is 7.79. The summed E-state index contributed by atoms with van der Waals surface area (Å²) in [5, 5.41) is 2.71. The van der Waals surface area contributed by atoms with Gasteiger partial charge in [-0.05, 0) is 49.8 Å². The van der Waals surface area contributed by atoms with Crippen LogP contribution in [0.2, 0.25) is 0 Å². The van der Waals surface area contributed by atoms with E-state index in [4.69, 9.17) is 14.2 Å². The number of likely N-dealkylation sites (N-methyl/N-ethyl adjacent to an activating group) is 1. The Morgan fingerprint density at radius 1 is 1.06 bits per heavy atom. The summed E-state index contributed by atoms with van der Waals surface area (Å²) in [7, 11) is 3.00. The second-order valence-electron chi connectivity index (χ2n) is 6.95. The first-order chi connectivity index (χ1) is 15.3. The lowest BCUT2D eigenvalue weighted by atomic mass is 10.2. The van der Waals surface area contributed by atoms with Gasteiger partial charge in [0.2, 0.25) is 5.91 Å². The van der Waals surface area contributed by atoms with Gasteiger partial charge in [-0.15, -0.1) is 0 Å². The Bertz CT molecular complexity index is 969. The molecule has 0 saturated carbocycles. The van der Waals surface area contributed by atoms with Gasteiger partial charge in [0.1, 0.15) is 0 Å². The first-order valence-electron chi connectivity index (χ1n) is 10.1. The molecule has 0 radical (unpaired) electrons. The molecule has 0 atom stereocenters. The molecule has 1 N–H and O–H groups in total. The smallest absolute Gasteiger partial charge is 0.331 e. The molecule has 2 rings (SSSR count). The average molecular weight is 440 g/mol. The third-order valence-electron chi connectivity index (χ3n) is 4.38. The lowest BCUT2D eigenvalue weighted by Crippen LogP contribution is -2.37. The van der Waals surface area contributed by atoms with E-state index in [1.807, 2.05) is 26.0 Å². The highest BCUT2D eigenvalue weighted by atomic mass is 16.5. The molecule has 8 heteroatoms. The molecule has 170 valence electrons. The number of benzene rings is 2. The fourth-order valence-electron chi connectivity index (χ4n) is 2.66. The van der Waals surface area contributed by atoms with Crippen LogP contribution in [0.25, 0.3) is 6.08 Å². The van der Waals surface area contributed by atoms with E-state index >= 15 is 0 Å². The summed E-state index contributed by atoms with van der Waals surface area (Å²) < 4.78 is 15.7. The van der Waals surface area contributed by atoms with Gasteiger partial charge in [-0.25, -0.2) is 4.79 Å². The molecular formula is C24H28N2O6. The Hall–Kier alpha value is -3.81. The van der Waals surface area contributed by atoms with Crippen LogP contribution in [0.4, 0.5) is 5.69 Å². The van der Waals surface area contributed by atoms with E-state index in [0.717, 1.165) is 5.56 Å². The summed E-state index contributed by atoms with van der Waals surface area (Å²) in [6, 6.07) is 12.5. The second-order valence-corrected chi connectivity index (χ2v) is 6.95. The summed E-state index contributed by atoms with van der Waals surface area (Å²) in [4.78, 5) is 37.4. The number of hydrogen-bond acceptors (Lipinski definition) is 6. The van der Waals surface area contributed by atoms with E-state index in [9.17, 15) is 14.4 Å². The zero-order chi connectivity index (χ0) is 23.5. The van der Waals surface area contributed by atoms with E-state index in [1.54, 1.807) is 36.4 Å². The van der Waals surface area contributed by atoms with Crippen molar-refractivity contribution in [2.45, 2.75) is 13.8 Å². The topological polar surface area (TPSA) is 94.2 Å². The van der Waals surface area contributed by atoms with Gasteiger partial charge in [0.25, 0.3) is 5.91 Å². The lowest BCUT2D eigenvalue weighted by Gasteiger charge is -2.16. The Balaban J connectivity index is 1.80. The monoisotopic (exact) mass is 440 g/mol. The first kappa shape index (κ1) is 24.5. The van der Waals surface area contributed by atoms with E-state index in [0.29, 0.717) is 29.4 Å². The number of carbonyl (C=O) groups excluding carboxylic acids is 3. The summed E-state index contributed by atoms with van der Waals surface area (Å²) in [6.07, 6.45) is 2.76. The fraction of sp³-hybridized carbons (Fsp3) is 0.292. The van der Waals surface area contributed by atoms with Crippen LogP contribution >= 0.6 is 0 Å². The van der Waals surface area contributed by atoms with Gasteiger partial charge in [-0.3, -0.25) is 9.59 Å². The number of nitrogens with one attached hydrogen (secondary N) is 1. The number of rotatable bonds is 10. The van der Waals surface area contributed by atoms with E-state index in [2.05, 4.69) is 5.32 Å². The highest BCUT2D eigenvalue weighted by Gasteiger charge is 2.14. The zero-order valence-electron chi connectivity index (χ0n) is 18.7. The van der Waals surface area contributed by atoms with Crippen LogP contribution in [0, 0.1) is 6.92 Å². The molecule has 0 spiro atoms. The highest BCUT2D eigenvalue weighted by Crippen LogP contribution is 2.28. The minimum atomic E-state index is -0.677. The largest absolute Gasteiger partial charge is 0.493 e. The van der Waals surface area contributed by atoms with Crippen LogP contribution in [-0.2, 0) is 19.1 Å². The van der Waals surface area contributed by atoms with Crippen LogP contribution < -0.4 is 14.8 Å². The number of anilines is 1. The number of methoxy groups -OCH3 is 1. The minimum Gasteiger partial charge on any atom is -0.493 e. The van der Waals surface area contributed by atoms with Gasteiger partial charge >= 0.3 is 5.97 Å². The number of ether oxygens (including phenoxy) is 3. The predicted octanol–water partition coefficient (Wildman–Crippen LogP) is 3.06. The van der Waals surface area contributed by atoms with Crippen LogP contribution in [-0.4, -0.2) is 56.6 Å². The third-order valence-corrected chi connectivity index (χ3v) is 4.38. The molecule has 2 amide bonds. The molecule has 0 bridgehead atoms. The second kappa shape index (κ2) is 12.1. The summed E-state index contributed by atoms with van der Waals surface area (Å²) in [5.41, 5.74) is 2.43. The summed E-state index contributed by atoms with van der Waals surface area (Å²) in [6.45, 7) is 3.70. The normalized spacial score (nSPS) is 10.5. The van der Waals surface area contributed by atoms with Crippen molar-refractivity contribution in [1.82, 2.24) is 4.90 Å². The maximum atomic E-state index is 12.2. The van der Waals surface area contributed by atoms with Gasteiger partial charge in [-0.1, -0.05) is 23.8 Å². The van der Waals surface area contributed by atoms with Crippen molar-refractivity contribution in [3.8, 4) is 11.5 Å². The van der Waals surface area contributed by atoms with Crippen LogP contribution in [0.1, 0.15) is 18.1 Å². The van der Waals surface area contributed by atoms with Crippen molar-refractivity contribution in [3.05, 3.63) is 59.7 Å². The van der Waals surface area contributed by atoms with Crippen LogP contribution in [0.3, 0.4) is 0 Å². The number of nitrogens with zero attached hydrogens (tertiary/aromatic N) is 1. The molecule has 2 aromatic carbocycles. The van der Waals surface area contributed by atoms with E-state index < -0.39 is 18.5 Å². The molecule has 0 aliphatic heterocycles. The Kier molecular flexibility index (Phi) is 9.28. The number of amides is 2. The maximum absolute atomic E-state index is 12.2. The Morgan fingerprint density at radius 2 is 1.78 bits per heavy atom. The number of esters is 1. The summed E-state index contributed by atoms with van der Waals surface area (Å²) in [5.74, 6) is -0.365. The molecule has 0 saturated heterocycles. The standard InChI is InChI=1S/C24H28N2O6/c1-5-31-20-12-8-18(14-21(20)30-4)9-13-24(29)32-16-23(28)26(3)15-22(27)25-19-10-6-17(2)7-11-19/h6-14H,5,15-16H2,1-4H3,(H,25,27)/b13-9+. The van der Waals surface area contributed by atoms with Gasteiger partial charge in [-0.2, -0.15) is 0 Å². The van der Waals surface area contributed by atoms with Gasteiger partial charge in [0.05, 0.1) is 20.3 Å². The van der Waals surface area contributed by atoms with E-state index in [1.165, 1.54) is 25.1 Å². The molecule has 0 aliphatic rings. The number of carbonyl (C=O) groups is 3. The number of hydrogen-bond donors (Lipinski definition) is 1. The molecule has 0 aromatic heterocycles. The zero-order valence-corrected chi connectivity index (χ0v) is 18.7. The SMILES string of the molecule is CCOc1ccc(/C=C/C(=O)OCC(=O)N(C)CC(=O)Nc2ccc(C)cc2)cc1OC. The van der Waals surface area contributed by atoms with Crippen molar-refractivity contribution in [3.63, 3.8) is 0 Å². The highest BCUT2D eigenvalue weighted by molar-refractivity contribution is 5.95. The fourth-order valence-corrected chi connectivity index (χ4v) is 2.66. The van der Waals surface area contributed by atoms with Crippen LogP contribution in [0.5, 0.6) is 11.5 Å². The summed E-state index contributed by atoms with van der Waals surface area (Å²) >= 11 is 0. The Morgan fingerprint density at radius 3 is 2.44 bits per heavy atom. The van der Waals surface area contributed by atoms with Gasteiger partial charge in [0, 0.05) is 18.8 Å². The Labute approximate surface area is 187 Å². The lowest BCUT2D eigenvalue weighted by molar-refractivity contribution is -0.148. The first-order valence-corrected chi connectivity index (χ1v) is 10.1. The average Bonchev–Trinajstić information content (AvgIpc) is 2.78. The van der Waals surface area contributed by atoms with Crippen molar-refractivity contribution in [2.75, 3.05) is 39.2 Å². The number of aryl methyl sites for hydroxylation is 1. The van der Waals surface area contributed by atoms with Gasteiger partial charge < -0.3 is 24.4 Å². The van der Waals surface area contributed by atoms with Gasteiger partial charge in [0.15, 0.2) is 18.1 Å². The molecule has 0 aliphatic carbocycles. The predicted molar refractivity (Wildman–Crippen MR) is 122 cm³/mol. The van der Waals surface area contributed by atoms with Crippen molar-refractivity contribution in [1.29, 1.82) is 0 Å². The van der Waals surface area contributed by atoms with Crippen molar-refractivity contribution in [2.24, 2.45) is 0 Å². The molecule has 0 unspecified atom stereocenters. The quantitative estimate of drug-likeness (QED) is 0.451. The van der Waals surface area contributed by atoms with Crippen molar-refractivity contribution < 1.29 is 28.6 Å². The molecular weight excluding hydrogens is 412 g/mol. The molecule has 0 fully saturated rings. The molecule has 0 heterocycles. The molecule has 2 aromatic rings.